The van der Waals surface area contributed by atoms with Crippen molar-refractivity contribution < 1.29 is 4.79 Å². The van der Waals surface area contributed by atoms with Crippen molar-refractivity contribution in [3.05, 3.63) is 45.8 Å². The third-order valence-electron chi connectivity index (χ3n) is 2.19. The number of aromatic nitrogens is 2. The average Bonchev–Trinajstić information content (AvgIpc) is 2.32. The fourth-order valence-electron chi connectivity index (χ4n) is 1.45. The lowest BCUT2D eigenvalue weighted by Gasteiger charge is -2.04. The molecule has 0 unspecified atom stereocenters. The molecule has 0 atom stereocenters. The zero-order valence-electron chi connectivity index (χ0n) is 8.95. The second-order valence-electron chi connectivity index (χ2n) is 3.50. The predicted octanol–water partition coefficient (Wildman–Crippen LogP) is 3.57. The van der Waals surface area contributed by atoms with Crippen LogP contribution in [0.5, 0.6) is 0 Å². The van der Waals surface area contributed by atoms with Crippen LogP contribution in [0.1, 0.15) is 16.3 Å². The predicted molar refractivity (Wildman–Crippen MR) is 67.6 cm³/mol. The van der Waals surface area contributed by atoms with Gasteiger partial charge in [-0.1, -0.05) is 29.3 Å². The molecule has 0 bridgehead atoms. The normalized spacial score (nSPS) is 10.3. The van der Waals surface area contributed by atoms with Gasteiger partial charge in [0.15, 0.2) is 12.1 Å². The first-order chi connectivity index (χ1) is 8.10. The number of aryl methyl sites for hydroxylation is 1. The van der Waals surface area contributed by atoms with Crippen molar-refractivity contribution >= 4 is 29.5 Å². The molecule has 0 fully saturated rings. The highest BCUT2D eigenvalue weighted by Gasteiger charge is 2.06. The van der Waals surface area contributed by atoms with Crippen molar-refractivity contribution in [2.45, 2.75) is 6.92 Å². The Hall–Kier alpha value is -1.45. The summed E-state index contributed by atoms with van der Waals surface area (Å²) in [6.07, 6.45) is 0.619. The minimum atomic E-state index is 0.158. The van der Waals surface area contributed by atoms with Crippen LogP contribution in [0.2, 0.25) is 10.0 Å². The third-order valence-corrected chi connectivity index (χ3v) is 2.93. The summed E-state index contributed by atoms with van der Waals surface area (Å²) in [6.45, 7) is 1.80. The Morgan fingerprint density at radius 1 is 1.12 bits per heavy atom. The van der Waals surface area contributed by atoms with E-state index in [0.717, 1.165) is 11.3 Å². The Bertz CT molecular complexity index is 585. The molecule has 0 spiro atoms. The summed E-state index contributed by atoms with van der Waals surface area (Å²) >= 11 is 11.8. The zero-order valence-corrected chi connectivity index (χ0v) is 10.5. The second kappa shape index (κ2) is 4.82. The number of halogens is 2. The zero-order chi connectivity index (χ0) is 12.4. The van der Waals surface area contributed by atoms with E-state index in [9.17, 15) is 4.79 Å². The first kappa shape index (κ1) is 12.0. The summed E-state index contributed by atoms with van der Waals surface area (Å²) < 4.78 is 0. The lowest BCUT2D eigenvalue weighted by atomic mass is 10.1. The quantitative estimate of drug-likeness (QED) is 0.781. The molecule has 0 aliphatic rings. The largest absolute Gasteiger partial charge is 0.294 e. The maximum atomic E-state index is 10.7. The van der Waals surface area contributed by atoms with Crippen LogP contribution in [-0.4, -0.2) is 16.3 Å². The highest BCUT2D eigenvalue weighted by molar-refractivity contribution is 6.42. The van der Waals surface area contributed by atoms with E-state index in [1.807, 2.05) is 0 Å². The van der Waals surface area contributed by atoms with Crippen LogP contribution in [0.15, 0.2) is 24.3 Å². The number of carbonyl (C=O) groups is 1. The van der Waals surface area contributed by atoms with E-state index in [1.54, 1.807) is 31.2 Å². The molecular weight excluding hydrogens is 259 g/mol. The van der Waals surface area contributed by atoms with E-state index in [0.29, 0.717) is 22.0 Å². The molecule has 1 heterocycles. The highest BCUT2D eigenvalue weighted by Crippen LogP contribution is 2.27. The molecule has 0 N–H and O–H groups in total. The van der Waals surface area contributed by atoms with Gasteiger partial charge in [-0.3, -0.25) is 4.79 Å². The van der Waals surface area contributed by atoms with Crippen molar-refractivity contribution in [2.24, 2.45) is 0 Å². The minimum absolute atomic E-state index is 0.158. The molecule has 0 saturated heterocycles. The minimum Gasteiger partial charge on any atom is -0.294 e. The summed E-state index contributed by atoms with van der Waals surface area (Å²) in [5.74, 6) is 0.158. The number of benzene rings is 1. The fraction of sp³-hybridized carbons (Fsp3) is 0.0833. The van der Waals surface area contributed by atoms with Crippen molar-refractivity contribution in [2.75, 3.05) is 0 Å². The van der Waals surface area contributed by atoms with Crippen LogP contribution in [0.4, 0.5) is 0 Å². The summed E-state index contributed by atoms with van der Waals surface area (Å²) in [6, 6.07) is 6.98. The van der Waals surface area contributed by atoms with E-state index >= 15 is 0 Å². The van der Waals surface area contributed by atoms with Crippen molar-refractivity contribution in [3.8, 4) is 11.3 Å². The van der Waals surface area contributed by atoms with Crippen LogP contribution in [-0.2, 0) is 0 Å². The third kappa shape index (κ3) is 2.62. The van der Waals surface area contributed by atoms with Gasteiger partial charge in [-0.15, -0.1) is 0 Å². The molecule has 0 aliphatic carbocycles. The second-order valence-corrected chi connectivity index (χ2v) is 4.31. The molecule has 1 aromatic carbocycles. The van der Waals surface area contributed by atoms with Crippen molar-refractivity contribution in [3.63, 3.8) is 0 Å². The van der Waals surface area contributed by atoms with Crippen molar-refractivity contribution in [1.82, 2.24) is 9.97 Å². The molecule has 0 radical (unpaired) electrons. The monoisotopic (exact) mass is 266 g/mol. The molecule has 2 aromatic rings. The Kier molecular flexibility index (Phi) is 3.41. The highest BCUT2D eigenvalue weighted by atomic mass is 35.5. The molecule has 0 amide bonds. The van der Waals surface area contributed by atoms with Crippen LogP contribution in [0.25, 0.3) is 11.3 Å². The summed E-state index contributed by atoms with van der Waals surface area (Å²) in [5.41, 5.74) is 2.18. The summed E-state index contributed by atoms with van der Waals surface area (Å²) in [7, 11) is 0. The number of aldehydes is 1. The molecule has 5 heteroatoms. The Morgan fingerprint density at radius 2 is 1.88 bits per heavy atom. The first-order valence-corrected chi connectivity index (χ1v) is 5.62. The molecule has 0 saturated carbocycles. The number of rotatable bonds is 2. The molecule has 1 aromatic heterocycles. The van der Waals surface area contributed by atoms with Gasteiger partial charge in [-0.25, -0.2) is 9.97 Å². The topological polar surface area (TPSA) is 42.9 Å². The van der Waals surface area contributed by atoms with Gasteiger partial charge in [0.1, 0.15) is 0 Å². The molecule has 0 aliphatic heterocycles. The number of hydrogen-bond acceptors (Lipinski definition) is 3. The van der Waals surface area contributed by atoms with Crippen LogP contribution >= 0.6 is 23.2 Å². The standard InChI is InChI=1S/C12H8Cl2N2O/c1-7-4-11(16-12(6-17)15-7)8-2-3-9(13)10(14)5-8/h2-6H,1H3. The Labute approximate surface area is 108 Å². The van der Waals surface area contributed by atoms with Gasteiger partial charge >= 0.3 is 0 Å². The van der Waals surface area contributed by atoms with E-state index < -0.39 is 0 Å². The smallest absolute Gasteiger partial charge is 0.193 e. The molecular formula is C12H8Cl2N2O. The maximum absolute atomic E-state index is 10.7. The van der Waals surface area contributed by atoms with E-state index in [-0.39, 0.29) is 5.82 Å². The Morgan fingerprint density at radius 3 is 2.53 bits per heavy atom. The van der Waals surface area contributed by atoms with Gasteiger partial charge in [0.05, 0.1) is 15.7 Å². The van der Waals surface area contributed by atoms with Gasteiger partial charge in [0.2, 0.25) is 0 Å². The lowest BCUT2D eigenvalue weighted by molar-refractivity contribution is 0.111. The molecule has 86 valence electrons. The number of hydrogen-bond donors (Lipinski definition) is 0. The van der Waals surface area contributed by atoms with Crippen LogP contribution < -0.4 is 0 Å². The number of carbonyl (C=O) groups excluding carboxylic acids is 1. The SMILES string of the molecule is Cc1cc(-c2ccc(Cl)c(Cl)c2)nc(C=O)n1. The van der Waals surface area contributed by atoms with Gasteiger partial charge < -0.3 is 0 Å². The molecule has 2 rings (SSSR count). The number of nitrogens with zero attached hydrogens (tertiary/aromatic N) is 2. The molecule has 17 heavy (non-hydrogen) atoms. The Balaban J connectivity index is 2.55. The van der Waals surface area contributed by atoms with Gasteiger partial charge in [-0.2, -0.15) is 0 Å². The fourth-order valence-corrected chi connectivity index (χ4v) is 1.75. The van der Waals surface area contributed by atoms with Crippen molar-refractivity contribution in [1.29, 1.82) is 0 Å². The lowest BCUT2D eigenvalue weighted by Crippen LogP contribution is -1.97. The van der Waals surface area contributed by atoms with Gasteiger partial charge in [0, 0.05) is 11.3 Å². The van der Waals surface area contributed by atoms with Gasteiger partial charge in [-0.05, 0) is 25.1 Å². The summed E-state index contributed by atoms with van der Waals surface area (Å²) in [4.78, 5) is 18.8. The molecule has 3 nitrogen and oxygen atoms in total. The van der Waals surface area contributed by atoms with E-state index in [4.69, 9.17) is 23.2 Å². The maximum Gasteiger partial charge on any atom is 0.193 e. The van der Waals surface area contributed by atoms with E-state index in [1.165, 1.54) is 0 Å². The summed E-state index contributed by atoms with van der Waals surface area (Å²) in [5, 5.41) is 0.935. The van der Waals surface area contributed by atoms with Crippen LogP contribution in [0, 0.1) is 6.92 Å². The average molecular weight is 267 g/mol. The van der Waals surface area contributed by atoms with Gasteiger partial charge in [0.25, 0.3) is 0 Å². The first-order valence-electron chi connectivity index (χ1n) is 4.86. The van der Waals surface area contributed by atoms with E-state index in [2.05, 4.69) is 9.97 Å². The van der Waals surface area contributed by atoms with Crippen LogP contribution in [0.3, 0.4) is 0 Å².